The van der Waals surface area contributed by atoms with E-state index in [2.05, 4.69) is 9.97 Å². The van der Waals surface area contributed by atoms with Crippen LogP contribution in [0.3, 0.4) is 0 Å². The van der Waals surface area contributed by atoms with Gasteiger partial charge in [0.15, 0.2) is 0 Å². The number of nitrogens with zero attached hydrogens (tertiary/aromatic N) is 2. The molecule has 1 saturated heterocycles. The molecular weight excluding hydrogens is 259 g/mol. The molecule has 94 valence electrons. The minimum Gasteiger partial charge on any atom is -0.378 e. The van der Waals surface area contributed by atoms with E-state index in [9.17, 15) is 0 Å². The third-order valence-electron chi connectivity index (χ3n) is 2.91. The summed E-state index contributed by atoms with van der Waals surface area (Å²) in [7, 11) is 0. The molecule has 0 spiro atoms. The maximum absolute atomic E-state index is 6.14. The molecule has 1 unspecified atom stereocenters. The first-order chi connectivity index (χ1) is 8.08. The van der Waals surface area contributed by atoms with Gasteiger partial charge in [0, 0.05) is 18.6 Å². The Kier molecular flexibility index (Phi) is 4.23. The number of hydrogen-bond acceptors (Lipinski definition) is 3. The molecule has 1 atom stereocenters. The van der Waals surface area contributed by atoms with Crippen LogP contribution in [0.25, 0.3) is 0 Å². The average Bonchev–Trinajstić information content (AvgIpc) is 2.68. The molecular formula is C12H16Cl2N2O. The van der Waals surface area contributed by atoms with Gasteiger partial charge in [-0.3, -0.25) is 0 Å². The van der Waals surface area contributed by atoms with Crippen LogP contribution in [0.1, 0.15) is 44.0 Å². The Morgan fingerprint density at radius 3 is 2.41 bits per heavy atom. The van der Waals surface area contributed by atoms with E-state index in [1.165, 1.54) is 0 Å². The van der Waals surface area contributed by atoms with Gasteiger partial charge in [-0.2, -0.15) is 0 Å². The van der Waals surface area contributed by atoms with E-state index in [1.54, 1.807) is 0 Å². The van der Waals surface area contributed by atoms with Crippen LogP contribution in [0, 0.1) is 0 Å². The second-order valence-electron chi connectivity index (χ2n) is 4.63. The molecule has 1 aromatic heterocycles. The monoisotopic (exact) mass is 274 g/mol. The van der Waals surface area contributed by atoms with Crippen molar-refractivity contribution in [3.8, 4) is 0 Å². The third kappa shape index (κ3) is 3.09. The van der Waals surface area contributed by atoms with Gasteiger partial charge in [-0.25, -0.2) is 9.97 Å². The zero-order valence-electron chi connectivity index (χ0n) is 10.0. The summed E-state index contributed by atoms with van der Waals surface area (Å²) in [6.07, 6.45) is 3.07. The third-order valence-corrected chi connectivity index (χ3v) is 3.49. The lowest BCUT2D eigenvalue weighted by molar-refractivity contribution is 0.110. The Labute approximate surface area is 112 Å². The first-order valence-corrected chi connectivity index (χ1v) is 6.67. The van der Waals surface area contributed by atoms with Gasteiger partial charge >= 0.3 is 0 Å². The summed E-state index contributed by atoms with van der Waals surface area (Å²) in [6.45, 7) is 4.88. The number of hydrogen-bond donors (Lipinski definition) is 0. The van der Waals surface area contributed by atoms with Gasteiger partial charge in [-0.15, -0.1) is 0 Å². The Morgan fingerprint density at radius 1 is 1.29 bits per heavy atom. The van der Waals surface area contributed by atoms with Crippen LogP contribution in [0.15, 0.2) is 0 Å². The highest BCUT2D eigenvalue weighted by Gasteiger charge is 2.20. The first kappa shape index (κ1) is 13.1. The van der Waals surface area contributed by atoms with Gasteiger partial charge in [0.05, 0.1) is 6.10 Å². The minimum atomic E-state index is 0.215. The second kappa shape index (κ2) is 5.51. The molecule has 5 heteroatoms. The molecule has 1 aliphatic rings. The highest BCUT2D eigenvalue weighted by atomic mass is 35.5. The largest absolute Gasteiger partial charge is 0.378 e. The fourth-order valence-corrected chi connectivity index (χ4v) is 2.89. The van der Waals surface area contributed by atoms with Crippen molar-refractivity contribution in [3.05, 3.63) is 21.7 Å². The van der Waals surface area contributed by atoms with Crippen LogP contribution in [-0.4, -0.2) is 22.7 Å². The Morgan fingerprint density at radius 2 is 1.94 bits per heavy atom. The average molecular weight is 275 g/mol. The standard InChI is InChI=1S/C12H16Cl2N2O/c1-7(2)10-11(13)15-9(16-12(10)14)6-8-4-3-5-17-8/h7-8H,3-6H2,1-2H3. The fraction of sp³-hybridized carbons (Fsp3) is 0.667. The van der Waals surface area contributed by atoms with Crippen LogP contribution in [0.4, 0.5) is 0 Å². The second-order valence-corrected chi connectivity index (χ2v) is 5.35. The van der Waals surface area contributed by atoms with Crippen molar-refractivity contribution < 1.29 is 4.74 Å². The molecule has 0 bridgehead atoms. The Balaban J connectivity index is 2.19. The predicted octanol–water partition coefficient (Wildman–Crippen LogP) is 3.63. The first-order valence-electron chi connectivity index (χ1n) is 5.91. The van der Waals surface area contributed by atoms with Crippen LogP contribution >= 0.6 is 23.2 Å². The van der Waals surface area contributed by atoms with E-state index < -0.39 is 0 Å². The summed E-state index contributed by atoms with van der Waals surface area (Å²) in [6, 6.07) is 0. The summed E-state index contributed by atoms with van der Waals surface area (Å²) < 4.78 is 5.55. The molecule has 2 heterocycles. The van der Waals surface area contributed by atoms with Crippen molar-refractivity contribution in [3.63, 3.8) is 0 Å². The van der Waals surface area contributed by atoms with Crippen molar-refractivity contribution in [2.75, 3.05) is 6.61 Å². The number of rotatable bonds is 3. The predicted molar refractivity (Wildman–Crippen MR) is 68.8 cm³/mol. The van der Waals surface area contributed by atoms with Gasteiger partial charge < -0.3 is 4.74 Å². The molecule has 0 saturated carbocycles. The van der Waals surface area contributed by atoms with Gasteiger partial charge in [-0.05, 0) is 18.8 Å². The lowest BCUT2D eigenvalue weighted by atomic mass is 10.1. The molecule has 3 nitrogen and oxygen atoms in total. The lowest BCUT2D eigenvalue weighted by Gasteiger charge is -2.12. The normalized spacial score (nSPS) is 20.2. The van der Waals surface area contributed by atoms with Crippen LogP contribution in [-0.2, 0) is 11.2 Å². The smallest absolute Gasteiger partial charge is 0.137 e. The van der Waals surface area contributed by atoms with Crippen molar-refractivity contribution in [2.24, 2.45) is 0 Å². The number of aromatic nitrogens is 2. The highest BCUT2D eigenvalue weighted by Crippen LogP contribution is 2.29. The zero-order valence-corrected chi connectivity index (χ0v) is 11.6. The molecule has 1 aliphatic heterocycles. The molecule has 0 amide bonds. The number of ether oxygens (including phenoxy) is 1. The molecule has 1 aromatic rings. The van der Waals surface area contributed by atoms with E-state index in [-0.39, 0.29) is 12.0 Å². The van der Waals surface area contributed by atoms with Crippen LogP contribution < -0.4 is 0 Å². The summed E-state index contributed by atoms with van der Waals surface area (Å²) in [4.78, 5) is 8.62. The van der Waals surface area contributed by atoms with Crippen LogP contribution in [0.2, 0.25) is 10.3 Å². The topological polar surface area (TPSA) is 35.0 Å². The van der Waals surface area contributed by atoms with E-state index >= 15 is 0 Å². The van der Waals surface area contributed by atoms with Gasteiger partial charge in [0.25, 0.3) is 0 Å². The van der Waals surface area contributed by atoms with E-state index in [0.717, 1.165) is 25.0 Å². The van der Waals surface area contributed by atoms with Crippen molar-refractivity contribution in [2.45, 2.75) is 45.1 Å². The quantitative estimate of drug-likeness (QED) is 0.790. The molecule has 0 aromatic carbocycles. The van der Waals surface area contributed by atoms with Crippen LogP contribution in [0.5, 0.6) is 0 Å². The molecule has 0 N–H and O–H groups in total. The van der Waals surface area contributed by atoms with E-state index in [4.69, 9.17) is 27.9 Å². The summed E-state index contributed by atoms with van der Waals surface area (Å²) in [5, 5.41) is 0.931. The molecule has 0 radical (unpaired) electrons. The molecule has 2 rings (SSSR count). The van der Waals surface area contributed by atoms with Gasteiger partial charge in [0.1, 0.15) is 16.1 Å². The van der Waals surface area contributed by atoms with Gasteiger partial charge in [-0.1, -0.05) is 37.0 Å². The summed E-state index contributed by atoms with van der Waals surface area (Å²) >= 11 is 12.3. The van der Waals surface area contributed by atoms with Crippen molar-refractivity contribution in [1.82, 2.24) is 9.97 Å². The minimum absolute atomic E-state index is 0.215. The van der Waals surface area contributed by atoms with E-state index in [1.807, 2.05) is 13.8 Å². The summed E-state index contributed by atoms with van der Waals surface area (Å²) in [5.41, 5.74) is 0.824. The highest BCUT2D eigenvalue weighted by molar-refractivity contribution is 6.34. The maximum Gasteiger partial charge on any atom is 0.137 e. The van der Waals surface area contributed by atoms with Crippen molar-refractivity contribution >= 4 is 23.2 Å². The lowest BCUT2D eigenvalue weighted by Crippen LogP contribution is -2.12. The summed E-state index contributed by atoms with van der Waals surface area (Å²) in [5.74, 6) is 0.906. The molecule has 1 fully saturated rings. The Bertz CT molecular complexity index is 380. The maximum atomic E-state index is 6.14. The fourth-order valence-electron chi connectivity index (χ4n) is 2.03. The molecule has 17 heavy (non-hydrogen) atoms. The Hall–Kier alpha value is -0.380. The van der Waals surface area contributed by atoms with Crippen molar-refractivity contribution in [1.29, 1.82) is 0 Å². The zero-order chi connectivity index (χ0) is 12.4. The van der Waals surface area contributed by atoms with Gasteiger partial charge in [0.2, 0.25) is 0 Å². The SMILES string of the molecule is CC(C)c1c(Cl)nc(CC2CCCO2)nc1Cl. The van der Waals surface area contributed by atoms with E-state index in [0.29, 0.717) is 22.6 Å². The number of halogens is 2. The molecule has 0 aliphatic carbocycles.